The molecule has 5 nitrogen and oxygen atoms in total. The second-order valence-corrected chi connectivity index (χ2v) is 8.80. The molecule has 1 aromatic carbocycles. The molecule has 0 saturated carbocycles. The molecule has 0 aliphatic rings. The number of benzene rings is 1. The zero-order chi connectivity index (χ0) is 18.3. The fraction of sp³-hybridized carbons (Fsp3) is 0.533. The number of likely N-dealkylation sites (N-methyl/N-ethyl adjacent to an activating group) is 1. The first kappa shape index (κ1) is 21.6. The van der Waals surface area contributed by atoms with Crippen molar-refractivity contribution in [1.82, 2.24) is 9.62 Å². The van der Waals surface area contributed by atoms with Crippen LogP contribution in [0.15, 0.2) is 23.1 Å². The third kappa shape index (κ3) is 6.11. The fourth-order valence-corrected chi connectivity index (χ4v) is 4.57. The summed E-state index contributed by atoms with van der Waals surface area (Å²) in [6, 6.07) is 3.36. The molecule has 1 amide bonds. The third-order valence-corrected chi connectivity index (χ3v) is 6.16. The van der Waals surface area contributed by atoms with Crippen LogP contribution in [0.5, 0.6) is 0 Å². The van der Waals surface area contributed by atoms with Crippen LogP contribution in [-0.2, 0) is 14.8 Å². The van der Waals surface area contributed by atoms with Gasteiger partial charge in [0.05, 0.1) is 5.02 Å². The number of sulfonamides is 1. The molecule has 0 fully saturated rings. The van der Waals surface area contributed by atoms with Crippen LogP contribution in [0.4, 0.5) is 0 Å². The molecular weight excluding hydrogens is 391 g/mol. The molecule has 0 spiro atoms. The van der Waals surface area contributed by atoms with Gasteiger partial charge in [-0.3, -0.25) is 4.79 Å². The molecule has 0 radical (unpaired) electrons. The topological polar surface area (TPSA) is 66.5 Å². The molecule has 1 N–H and O–H groups in total. The molecule has 1 aromatic rings. The first-order chi connectivity index (χ1) is 11.2. The van der Waals surface area contributed by atoms with Gasteiger partial charge in [-0.05, 0) is 43.0 Å². The monoisotopic (exact) mass is 412 g/mol. The minimum absolute atomic E-state index is 0.0601. The van der Waals surface area contributed by atoms with E-state index in [0.717, 1.165) is 6.42 Å². The molecule has 24 heavy (non-hydrogen) atoms. The smallest absolute Gasteiger partial charge is 0.242 e. The molecule has 1 unspecified atom stereocenters. The van der Waals surface area contributed by atoms with Gasteiger partial charge in [-0.2, -0.15) is 16.5 Å². The van der Waals surface area contributed by atoms with Crippen molar-refractivity contribution in [2.75, 3.05) is 25.6 Å². The molecule has 0 aromatic heterocycles. The van der Waals surface area contributed by atoms with Gasteiger partial charge in [0.2, 0.25) is 15.9 Å². The summed E-state index contributed by atoms with van der Waals surface area (Å²) in [7, 11) is -2.29. The van der Waals surface area contributed by atoms with E-state index in [1.54, 1.807) is 18.8 Å². The van der Waals surface area contributed by atoms with Gasteiger partial charge < -0.3 is 4.90 Å². The minimum atomic E-state index is -3.96. The number of halogens is 2. The second-order valence-electron chi connectivity index (χ2n) is 5.29. The number of amides is 1. The first-order valence-electron chi connectivity index (χ1n) is 7.44. The predicted molar refractivity (Wildman–Crippen MR) is 101 cm³/mol. The van der Waals surface area contributed by atoms with Crippen LogP contribution in [0.2, 0.25) is 10.0 Å². The van der Waals surface area contributed by atoms with E-state index in [1.807, 2.05) is 13.2 Å². The summed E-state index contributed by atoms with van der Waals surface area (Å²) in [6.45, 7) is 2.52. The van der Waals surface area contributed by atoms with Crippen molar-refractivity contribution in [1.29, 1.82) is 0 Å². The molecule has 0 aliphatic heterocycles. The van der Waals surface area contributed by atoms with E-state index < -0.39 is 16.1 Å². The van der Waals surface area contributed by atoms with Crippen molar-refractivity contribution in [2.45, 2.75) is 30.7 Å². The van der Waals surface area contributed by atoms with E-state index in [-0.39, 0.29) is 20.8 Å². The zero-order valence-electron chi connectivity index (χ0n) is 13.9. The summed E-state index contributed by atoms with van der Waals surface area (Å²) >= 11 is 13.4. The molecule has 9 heteroatoms. The number of hydrogen-bond donors (Lipinski definition) is 1. The van der Waals surface area contributed by atoms with E-state index in [0.29, 0.717) is 18.7 Å². The van der Waals surface area contributed by atoms with Crippen LogP contribution < -0.4 is 4.72 Å². The molecule has 0 aliphatic carbocycles. The van der Waals surface area contributed by atoms with Crippen LogP contribution in [0, 0.1) is 0 Å². The predicted octanol–water partition coefficient (Wildman–Crippen LogP) is 3.26. The quantitative estimate of drug-likeness (QED) is 0.675. The normalized spacial score (nSPS) is 12.9. The molecule has 1 rings (SSSR count). The Labute approximate surface area is 158 Å². The number of carbonyl (C=O) groups excluding carboxylic acids is 1. The lowest BCUT2D eigenvalue weighted by Crippen LogP contribution is -2.47. The minimum Gasteiger partial charge on any atom is -0.344 e. The highest BCUT2D eigenvalue weighted by molar-refractivity contribution is 7.98. The van der Waals surface area contributed by atoms with Gasteiger partial charge in [-0.25, -0.2) is 8.42 Å². The lowest BCUT2D eigenvalue weighted by molar-refractivity contribution is -0.131. The highest BCUT2D eigenvalue weighted by atomic mass is 35.5. The van der Waals surface area contributed by atoms with Crippen molar-refractivity contribution in [3.8, 4) is 0 Å². The van der Waals surface area contributed by atoms with E-state index >= 15 is 0 Å². The molecule has 136 valence electrons. The van der Waals surface area contributed by atoms with E-state index in [4.69, 9.17) is 23.2 Å². The Bertz CT molecular complexity index is 669. The first-order valence-corrected chi connectivity index (χ1v) is 11.1. The molecule has 0 heterocycles. The Hall–Kier alpha value is -0.470. The van der Waals surface area contributed by atoms with Crippen molar-refractivity contribution >= 4 is 50.9 Å². The Balaban J connectivity index is 3.07. The van der Waals surface area contributed by atoms with Crippen LogP contribution >= 0.6 is 35.0 Å². The number of nitrogens with zero attached hydrogens (tertiary/aromatic N) is 1. The highest BCUT2D eigenvalue weighted by Gasteiger charge is 2.28. The molecular formula is C15H22Cl2N2O3S2. The summed E-state index contributed by atoms with van der Waals surface area (Å²) in [5.74, 6) is 0.398. The summed E-state index contributed by atoms with van der Waals surface area (Å²) in [6.07, 6.45) is 3.09. The van der Waals surface area contributed by atoms with E-state index in [9.17, 15) is 13.2 Å². The lowest BCUT2D eigenvalue weighted by atomic mass is 10.2. The lowest BCUT2D eigenvalue weighted by Gasteiger charge is -2.24. The Morgan fingerprint density at radius 3 is 2.62 bits per heavy atom. The molecule has 0 bridgehead atoms. The summed E-state index contributed by atoms with van der Waals surface area (Å²) in [5.41, 5.74) is 0. The molecule has 0 saturated heterocycles. The maximum Gasteiger partial charge on any atom is 0.242 e. The number of carbonyl (C=O) groups is 1. The van der Waals surface area contributed by atoms with Crippen molar-refractivity contribution in [3.63, 3.8) is 0 Å². The average molecular weight is 413 g/mol. The second kappa shape index (κ2) is 9.87. The van der Waals surface area contributed by atoms with Crippen molar-refractivity contribution in [2.24, 2.45) is 0 Å². The van der Waals surface area contributed by atoms with Crippen molar-refractivity contribution in [3.05, 3.63) is 28.2 Å². The zero-order valence-corrected chi connectivity index (χ0v) is 17.0. The third-order valence-electron chi connectivity index (χ3n) is 3.32. The van der Waals surface area contributed by atoms with Gasteiger partial charge in [0.1, 0.15) is 10.9 Å². The number of nitrogens with one attached hydrogen (secondary N) is 1. The van der Waals surface area contributed by atoms with Crippen LogP contribution in [0.25, 0.3) is 0 Å². The van der Waals surface area contributed by atoms with Gasteiger partial charge in [-0.15, -0.1) is 0 Å². The van der Waals surface area contributed by atoms with Crippen LogP contribution in [0.3, 0.4) is 0 Å². The van der Waals surface area contributed by atoms with Gasteiger partial charge in [0.15, 0.2) is 0 Å². The summed E-state index contributed by atoms with van der Waals surface area (Å²) in [4.78, 5) is 13.9. The maximum absolute atomic E-state index is 12.6. The Morgan fingerprint density at radius 1 is 1.38 bits per heavy atom. The van der Waals surface area contributed by atoms with Crippen molar-refractivity contribution < 1.29 is 13.2 Å². The summed E-state index contributed by atoms with van der Waals surface area (Å²) in [5, 5.41) is 0.319. The van der Waals surface area contributed by atoms with E-state index in [2.05, 4.69) is 4.72 Å². The van der Waals surface area contributed by atoms with Gasteiger partial charge in [-0.1, -0.05) is 30.1 Å². The largest absolute Gasteiger partial charge is 0.344 e. The summed E-state index contributed by atoms with van der Waals surface area (Å²) < 4.78 is 27.7. The highest BCUT2D eigenvalue weighted by Crippen LogP contribution is 2.25. The SMILES string of the molecule is CCCN(C)C(=O)C(CCSC)NS(=O)(=O)c1cc(Cl)ccc1Cl. The maximum atomic E-state index is 12.6. The standard InChI is InChI=1S/C15H22Cl2N2O3S2/c1-4-8-19(2)15(20)13(7-9-23-3)18-24(21,22)14-10-11(16)5-6-12(14)17/h5-6,10,13,18H,4,7-9H2,1-3H3. The van der Waals surface area contributed by atoms with Gasteiger partial charge >= 0.3 is 0 Å². The van der Waals surface area contributed by atoms with Gasteiger partial charge in [0.25, 0.3) is 0 Å². The van der Waals surface area contributed by atoms with E-state index in [1.165, 1.54) is 23.1 Å². The number of rotatable bonds is 9. The Morgan fingerprint density at radius 2 is 2.04 bits per heavy atom. The van der Waals surface area contributed by atoms with Crippen LogP contribution in [-0.4, -0.2) is 50.9 Å². The van der Waals surface area contributed by atoms with Gasteiger partial charge in [0, 0.05) is 18.6 Å². The number of hydrogen-bond acceptors (Lipinski definition) is 4. The molecule has 1 atom stereocenters. The average Bonchev–Trinajstić information content (AvgIpc) is 2.53. The Kier molecular flexibility index (Phi) is 8.87. The number of thioether (sulfide) groups is 1. The fourth-order valence-electron chi connectivity index (χ4n) is 2.11. The van der Waals surface area contributed by atoms with Crippen LogP contribution in [0.1, 0.15) is 19.8 Å².